The Morgan fingerprint density at radius 3 is 2.85 bits per heavy atom. The van der Waals surface area contributed by atoms with Crippen molar-refractivity contribution in [1.29, 1.82) is 0 Å². The molecule has 0 spiro atoms. The number of fused-ring (bicyclic) bond motifs is 1. The lowest BCUT2D eigenvalue weighted by molar-refractivity contribution is 0.475. The molecule has 0 aliphatic carbocycles. The molecule has 2 nitrogen and oxygen atoms in total. The Balaban J connectivity index is 0.000000845. The Morgan fingerprint density at radius 1 is 1.31 bits per heavy atom. The van der Waals surface area contributed by atoms with Crippen LogP contribution < -0.4 is 0 Å². The molecule has 0 saturated carbocycles. The highest BCUT2D eigenvalue weighted by molar-refractivity contribution is 9.10. The number of aromatic nitrogens is 1. The standard InChI is InChI=1S/C9H6BrNO.BrH/c10-8-4-6(12)5-9-7(8)2-1-3-11-9;/h1-5,12H;1H. The van der Waals surface area contributed by atoms with Crippen molar-refractivity contribution < 1.29 is 5.11 Å². The lowest BCUT2D eigenvalue weighted by atomic mass is 10.2. The van der Waals surface area contributed by atoms with E-state index in [9.17, 15) is 5.11 Å². The normalized spacial score (nSPS) is 9.62. The van der Waals surface area contributed by atoms with Gasteiger partial charge in [0.25, 0.3) is 0 Å². The summed E-state index contributed by atoms with van der Waals surface area (Å²) in [5.41, 5.74) is 0.796. The van der Waals surface area contributed by atoms with Crippen LogP contribution in [0.1, 0.15) is 0 Å². The van der Waals surface area contributed by atoms with Gasteiger partial charge < -0.3 is 5.11 Å². The van der Waals surface area contributed by atoms with Gasteiger partial charge >= 0.3 is 0 Å². The van der Waals surface area contributed by atoms with Gasteiger partial charge in [-0.05, 0) is 28.1 Å². The third kappa shape index (κ3) is 2.00. The fourth-order valence-corrected chi connectivity index (χ4v) is 1.69. The van der Waals surface area contributed by atoms with Gasteiger partial charge in [-0.25, -0.2) is 0 Å². The molecule has 0 amide bonds. The first kappa shape index (κ1) is 10.5. The van der Waals surface area contributed by atoms with Crippen LogP contribution in [0.15, 0.2) is 34.9 Å². The van der Waals surface area contributed by atoms with Crippen LogP contribution in [0.25, 0.3) is 10.9 Å². The fraction of sp³-hybridized carbons (Fsp3) is 0. The second-order valence-electron chi connectivity index (χ2n) is 2.50. The summed E-state index contributed by atoms with van der Waals surface area (Å²) in [6, 6.07) is 7.11. The molecule has 0 aliphatic heterocycles. The van der Waals surface area contributed by atoms with Gasteiger partial charge in [-0.15, -0.1) is 17.0 Å². The maximum atomic E-state index is 9.24. The average molecular weight is 305 g/mol. The fourth-order valence-electron chi connectivity index (χ4n) is 1.12. The number of aromatic hydroxyl groups is 1. The summed E-state index contributed by atoms with van der Waals surface area (Å²) in [7, 11) is 0. The second kappa shape index (κ2) is 4.07. The van der Waals surface area contributed by atoms with Crippen LogP contribution >= 0.6 is 32.9 Å². The summed E-state index contributed by atoms with van der Waals surface area (Å²) in [5, 5.41) is 10.3. The van der Waals surface area contributed by atoms with Gasteiger partial charge in [0.15, 0.2) is 0 Å². The Bertz CT molecular complexity index is 431. The summed E-state index contributed by atoms with van der Waals surface area (Å²) in [5.74, 6) is 0.230. The summed E-state index contributed by atoms with van der Waals surface area (Å²) >= 11 is 3.35. The van der Waals surface area contributed by atoms with Gasteiger partial charge in [0, 0.05) is 22.1 Å². The van der Waals surface area contributed by atoms with E-state index in [4.69, 9.17) is 0 Å². The summed E-state index contributed by atoms with van der Waals surface area (Å²) in [4.78, 5) is 4.11. The van der Waals surface area contributed by atoms with Crippen LogP contribution in [-0.4, -0.2) is 10.1 Å². The molecule has 0 radical (unpaired) electrons. The van der Waals surface area contributed by atoms with Crippen molar-refractivity contribution in [2.75, 3.05) is 0 Å². The zero-order valence-corrected chi connectivity index (χ0v) is 9.87. The average Bonchev–Trinajstić information content (AvgIpc) is 2.04. The summed E-state index contributed by atoms with van der Waals surface area (Å²) < 4.78 is 0.866. The quantitative estimate of drug-likeness (QED) is 0.810. The van der Waals surface area contributed by atoms with Crippen molar-refractivity contribution in [1.82, 2.24) is 4.98 Å². The maximum Gasteiger partial charge on any atom is 0.118 e. The number of benzene rings is 1. The minimum Gasteiger partial charge on any atom is -0.508 e. The number of halogens is 2. The summed E-state index contributed by atoms with van der Waals surface area (Å²) in [6.45, 7) is 0. The Labute approximate surface area is 94.5 Å². The first-order chi connectivity index (χ1) is 5.77. The molecule has 1 aromatic heterocycles. The molecule has 0 bridgehead atoms. The second-order valence-corrected chi connectivity index (χ2v) is 3.35. The highest BCUT2D eigenvalue weighted by Gasteiger charge is 2.00. The number of hydrogen-bond donors (Lipinski definition) is 1. The van der Waals surface area contributed by atoms with Crippen LogP contribution in [0.3, 0.4) is 0 Å². The van der Waals surface area contributed by atoms with E-state index in [2.05, 4.69) is 20.9 Å². The SMILES string of the molecule is Br.Oc1cc(Br)c2cccnc2c1. The molecule has 4 heteroatoms. The van der Waals surface area contributed by atoms with Gasteiger partial charge in [-0.1, -0.05) is 6.07 Å². The van der Waals surface area contributed by atoms with Crippen molar-refractivity contribution in [3.05, 3.63) is 34.9 Å². The van der Waals surface area contributed by atoms with Crippen LogP contribution in [-0.2, 0) is 0 Å². The first-order valence-electron chi connectivity index (χ1n) is 3.50. The first-order valence-corrected chi connectivity index (χ1v) is 4.30. The molecule has 13 heavy (non-hydrogen) atoms. The van der Waals surface area contributed by atoms with Crippen molar-refractivity contribution >= 4 is 43.8 Å². The van der Waals surface area contributed by atoms with Gasteiger partial charge in [0.2, 0.25) is 0 Å². The molecular formula is C9H7Br2NO. The van der Waals surface area contributed by atoms with Gasteiger partial charge in [0.05, 0.1) is 5.52 Å². The molecule has 0 unspecified atom stereocenters. The Hall–Kier alpha value is -0.610. The lowest BCUT2D eigenvalue weighted by Crippen LogP contribution is -1.78. The monoisotopic (exact) mass is 303 g/mol. The predicted molar refractivity (Wildman–Crippen MR) is 61.4 cm³/mol. The van der Waals surface area contributed by atoms with Crippen molar-refractivity contribution in [3.8, 4) is 5.75 Å². The molecule has 2 rings (SSSR count). The maximum absolute atomic E-state index is 9.24. The highest BCUT2D eigenvalue weighted by atomic mass is 79.9. The molecule has 68 valence electrons. The van der Waals surface area contributed by atoms with E-state index in [1.807, 2.05) is 12.1 Å². The Kier molecular flexibility index (Phi) is 3.27. The number of hydrogen-bond acceptors (Lipinski definition) is 2. The molecular weight excluding hydrogens is 298 g/mol. The number of phenolic OH excluding ortho intramolecular Hbond substituents is 1. The zero-order valence-electron chi connectivity index (χ0n) is 6.57. The molecule has 0 saturated heterocycles. The van der Waals surface area contributed by atoms with Crippen LogP contribution in [0.4, 0.5) is 0 Å². The van der Waals surface area contributed by atoms with Crippen LogP contribution in [0.2, 0.25) is 0 Å². The van der Waals surface area contributed by atoms with Gasteiger partial charge in [-0.3, -0.25) is 4.98 Å². The minimum atomic E-state index is 0. The largest absolute Gasteiger partial charge is 0.508 e. The van der Waals surface area contributed by atoms with Gasteiger partial charge in [0.1, 0.15) is 5.75 Å². The number of phenols is 1. The third-order valence-electron chi connectivity index (χ3n) is 1.66. The predicted octanol–water partition coefficient (Wildman–Crippen LogP) is 3.28. The van der Waals surface area contributed by atoms with E-state index >= 15 is 0 Å². The molecule has 1 aromatic carbocycles. The van der Waals surface area contributed by atoms with E-state index in [1.165, 1.54) is 0 Å². The Morgan fingerprint density at radius 2 is 2.08 bits per heavy atom. The van der Waals surface area contributed by atoms with Crippen molar-refractivity contribution in [2.45, 2.75) is 0 Å². The number of rotatable bonds is 0. The molecule has 2 aromatic rings. The van der Waals surface area contributed by atoms with E-state index in [-0.39, 0.29) is 22.7 Å². The van der Waals surface area contributed by atoms with Crippen molar-refractivity contribution in [2.24, 2.45) is 0 Å². The van der Waals surface area contributed by atoms with Crippen molar-refractivity contribution in [3.63, 3.8) is 0 Å². The molecule has 0 fully saturated rings. The lowest BCUT2D eigenvalue weighted by Gasteiger charge is -1.99. The zero-order chi connectivity index (χ0) is 8.55. The topological polar surface area (TPSA) is 33.1 Å². The molecule has 1 N–H and O–H groups in total. The van der Waals surface area contributed by atoms with E-state index in [1.54, 1.807) is 18.3 Å². The number of pyridine rings is 1. The van der Waals surface area contributed by atoms with E-state index in [0.717, 1.165) is 15.4 Å². The van der Waals surface area contributed by atoms with E-state index in [0.29, 0.717) is 0 Å². The molecule has 0 aliphatic rings. The number of nitrogens with zero attached hydrogens (tertiary/aromatic N) is 1. The summed E-state index contributed by atoms with van der Waals surface area (Å²) in [6.07, 6.45) is 1.70. The third-order valence-corrected chi connectivity index (χ3v) is 2.31. The smallest absolute Gasteiger partial charge is 0.118 e. The van der Waals surface area contributed by atoms with Gasteiger partial charge in [-0.2, -0.15) is 0 Å². The minimum absolute atomic E-state index is 0. The van der Waals surface area contributed by atoms with Crippen LogP contribution in [0.5, 0.6) is 5.75 Å². The van der Waals surface area contributed by atoms with Crippen LogP contribution in [0, 0.1) is 0 Å². The van der Waals surface area contributed by atoms with E-state index < -0.39 is 0 Å². The molecule has 0 atom stereocenters. The highest BCUT2D eigenvalue weighted by Crippen LogP contribution is 2.26. The molecule has 1 heterocycles.